The highest BCUT2D eigenvalue weighted by atomic mass is 28.3. The molecule has 12 heteroatoms. The third-order valence-corrected chi connectivity index (χ3v) is 15.4. The largest absolute Gasteiger partial charge is 0.497 e. The van der Waals surface area contributed by atoms with E-state index in [1.807, 2.05) is 65.7 Å². The van der Waals surface area contributed by atoms with Crippen molar-refractivity contribution in [3.63, 3.8) is 0 Å². The van der Waals surface area contributed by atoms with Crippen molar-refractivity contribution in [2.45, 2.75) is 69.6 Å². The number of nitrogens with zero attached hydrogens (tertiary/aromatic N) is 5. The topological polar surface area (TPSA) is 119 Å². The molecule has 3 aliphatic heterocycles. The van der Waals surface area contributed by atoms with E-state index in [0.29, 0.717) is 44.6 Å². The third-order valence-electron chi connectivity index (χ3n) is 11.1. The van der Waals surface area contributed by atoms with Crippen molar-refractivity contribution in [1.82, 2.24) is 15.0 Å². The summed E-state index contributed by atoms with van der Waals surface area (Å²) < 4.78 is 20.3. The summed E-state index contributed by atoms with van der Waals surface area (Å²) in [7, 11) is 0.970. The van der Waals surface area contributed by atoms with Crippen molar-refractivity contribution >= 4 is 36.4 Å². The number of anilines is 2. The SMILES string of the molecule is COc1ccc([Si](C)(C)[C@@H]2[C@@H](CCn3cc(CCO)nn3)O[C@]3(C(=O)N(Cc4cccc(N5CCC5=O)c4)c4ccc(OC)cc43)[C@H]2C)cc1. The standard InChI is InChI=1S/C38H45N5O6Si/c1-25-36(50(4,5)31-12-9-29(47-2)10-13-31)34(15-18-41-24-27(17-20-44)39-40-41)49-38(25)32-22-30(48-3)11-14-33(32)43(37(38)46)23-26-7-6-8-28(21-26)42-19-16-35(42)45/h6-14,21-22,24-25,34,36,44H,15-20,23H2,1-5H3/t25-,34+,36-,38+/m0/s1. The number of rotatable bonds is 12. The number of carbonyl (C=O) groups is 2. The number of carbonyl (C=O) groups excluding carboxylic acids is 2. The molecule has 1 spiro atoms. The highest BCUT2D eigenvalue weighted by Crippen LogP contribution is 2.60. The molecule has 0 saturated carbocycles. The Balaban J connectivity index is 1.28. The lowest BCUT2D eigenvalue weighted by atomic mass is 9.82. The van der Waals surface area contributed by atoms with Gasteiger partial charge in [0, 0.05) is 55.9 Å². The molecule has 2 amide bonds. The first-order valence-corrected chi connectivity index (χ1v) is 20.4. The minimum Gasteiger partial charge on any atom is -0.497 e. The van der Waals surface area contributed by atoms with E-state index in [9.17, 15) is 9.90 Å². The van der Waals surface area contributed by atoms with Gasteiger partial charge in [0.1, 0.15) is 11.5 Å². The van der Waals surface area contributed by atoms with E-state index < -0.39 is 13.7 Å². The van der Waals surface area contributed by atoms with Crippen LogP contribution in [0.1, 0.15) is 36.6 Å². The molecular weight excluding hydrogens is 651 g/mol. The first-order chi connectivity index (χ1) is 24.1. The molecule has 2 fully saturated rings. The smallest absolute Gasteiger partial charge is 0.264 e. The Morgan fingerprint density at radius 1 is 1.02 bits per heavy atom. The number of ether oxygens (including phenoxy) is 3. The van der Waals surface area contributed by atoms with Gasteiger partial charge < -0.3 is 29.1 Å². The molecule has 4 atom stereocenters. The van der Waals surface area contributed by atoms with Crippen LogP contribution in [-0.4, -0.2) is 73.5 Å². The van der Waals surface area contributed by atoms with Crippen molar-refractivity contribution in [1.29, 1.82) is 0 Å². The number of fused-ring (bicyclic) bond motifs is 2. The normalized spacial score (nSPS) is 23.0. The van der Waals surface area contributed by atoms with Gasteiger partial charge in [0.15, 0.2) is 5.60 Å². The molecule has 262 valence electrons. The summed E-state index contributed by atoms with van der Waals surface area (Å²) in [6.45, 7) is 8.53. The summed E-state index contributed by atoms with van der Waals surface area (Å²) in [4.78, 5) is 31.0. The predicted molar refractivity (Wildman–Crippen MR) is 193 cm³/mol. The van der Waals surface area contributed by atoms with Crippen LogP contribution in [0, 0.1) is 5.92 Å². The molecule has 3 aliphatic rings. The Bertz CT molecular complexity index is 1900. The minimum atomic E-state index is -2.34. The van der Waals surface area contributed by atoms with Gasteiger partial charge in [-0.05, 0) is 60.0 Å². The number of hydrogen-bond donors (Lipinski definition) is 1. The number of methoxy groups -OCH3 is 2. The number of aromatic nitrogens is 3. The zero-order valence-corrected chi connectivity index (χ0v) is 30.3. The predicted octanol–water partition coefficient (Wildman–Crippen LogP) is 4.42. The fourth-order valence-electron chi connectivity index (χ4n) is 8.38. The van der Waals surface area contributed by atoms with Crippen LogP contribution in [0.25, 0.3) is 0 Å². The van der Waals surface area contributed by atoms with E-state index in [0.717, 1.165) is 33.9 Å². The lowest BCUT2D eigenvalue weighted by Gasteiger charge is -2.37. The highest BCUT2D eigenvalue weighted by Gasteiger charge is 2.66. The average molecular weight is 696 g/mol. The molecule has 0 radical (unpaired) electrons. The van der Waals surface area contributed by atoms with Gasteiger partial charge >= 0.3 is 0 Å². The van der Waals surface area contributed by atoms with E-state index in [2.05, 4.69) is 42.5 Å². The van der Waals surface area contributed by atoms with Crippen LogP contribution in [0.4, 0.5) is 11.4 Å². The number of aliphatic hydroxyl groups excluding tert-OH is 1. The summed E-state index contributed by atoms with van der Waals surface area (Å²) in [5, 5.41) is 19.2. The molecule has 11 nitrogen and oxygen atoms in total. The van der Waals surface area contributed by atoms with Gasteiger partial charge in [0.2, 0.25) is 5.91 Å². The second-order valence-corrected chi connectivity index (χ2v) is 18.8. The number of benzene rings is 3. The summed E-state index contributed by atoms with van der Waals surface area (Å²) in [5.74, 6) is 1.32. The van der Waals surface area contributed by atoms with E-state index in [1.54, 1.807) is 23.8 Å². The number of amides is 2. The van der Waals surface area contributed by atoms with E-state index >= 15 is 4.79 Å². The lowest BCUT2D eigenvalue weighted by molar-refractivity contribution is -0.146. The molecule has 2 saturated heterocycles. The minimum absolute atomic E-state index is 0.0103. The molecule has 0 aliphatic carbocycles. The quantitative estimate of drug-likeness (QED) is 0.171. The van der Waals surface area contributed by atoms with Crippen LogP contribution in [0.3, 0.4) is 0 Å². The number of aliphatic hydroxyl groups is 1. The zero-order chi connectivity index (χ0) is 35.2. The van der Waals surface area contributed by atoms with Crippen LogP contribution in [-0.2, 0) is 39.4 Å². The molecular formula is C38H45N5O6Si. The maximum Gasteiger partial charge on any atom is 0.264 e. The molecule has 4 aromatic rings. The molecule has 3 aromatic carbocycles. The lowest BCUT2D eigenvalue weighted by Crippen LogP contribution is -2.51. The second kappa shape index (κ2) is 13.3. The summed E-state index contributed by atoms with van der Waals surface area (Å²) in [6, 6.07) is 22.1. The third kappa shape index (κ3) is 5.68. The summed E-state index contributed by atoms with van der Waals surface area (Å²) in [6.07, 6.45) is 3.24. The van der Waals surface area contributed by atoms with Crippen LogP contribution < -0.4 is 24.5 Å². The maximum atomic E-state index is 15.2. The van der Waals surface area contributed by atoms with Crippen molar-refractivity contribution in [2.24, 2.45) is 5.92 Å². The van der Waals surface area contributed by atoms with E-state index in [4.69, 9.17) is 14.2 Å². The molecule has 4 heterocycles. The molecule has 50 heavy (non-hydrogen) atoms. The summed E-state index contributed by atoms with van der Waals surface area (Å²) in [5.41, 5.74) is 2.97. The Morgan fingerprint density at radius 2 is 1.78 bits per heavy atom. The first kappa shape index (κ1) is 33.9. The van der Waals surface area contributed by atoms with Crippen LogP contribution >= 0.6 is 0 Å². The van der Waals surface area contributed by atoms with Crippen molar-refractivity contribution < 1.29 is 28.9 Å². The van der Waals surface area contributed by atoms with Crippen LogP contribution in [0.15, 0.2) is 72.9 Å². The Morgan fingerprint density at radius 3 is 2.46 bits per heavy atom. The highest BCUT2D eigenvalue weighted by molar-refractivity contribution is 6.91. The monoisotopic (exact) mass is 695 g/mol. The van der Waals surface area contributed by atoms with Gasteiger partial charge in [-0.2, -0.15) is 0 Å². The Kier molecular flexibility index (Phi) is 9.04. The Labute approximate surface area is 293 Å². The Hall–Kier alpha value is -4.52. The fraction of sp³-hybridized carbons (Fsp3) is 0.421. The van der Waals surface area contributed by atoms with Gasteiger partial charge in [-0.15, -0.1) is 5.10 Å². The van der Waals surface area contributed by atoms with Crippen LogP contribution in [0.5, 0.6) is 11.5 Å². The molecule has 0 bridgehead atoms. The van der Waals surface area contributed by atoms with Crippen molar-refractivity contribution in [3.05, 3.63) is 89.7 Å². The van der Waals surface area contributed by atoms with Crippen molar-refractivity contribution in [2.75, 3.05) is 37.2 Å². The maximum absolute atomic E-state index is 15.2. The van der Waals surface area contributed by atoms with Gasteiger partial charge in [0.25, 0.3) is 5.91 Å². The van der Waals surface area contributed by atoms with Gasteiger partial charge in [-0.25, -0.2) is 0 Å². The van der Waals surface area contributed by atoms with E-state index in [-0.39, 0.29) is 36.0 Å². The fourth-order valence-corrected chi connectivity index (χ4v) is 12.4. The zero-order valence-electron chi connectivity index (χ0n) is 29.3. The number of β-lactam (4-membered cyclic amide) rings is 1. The summed E-state index contributed by atoms with van der Waals surface area (Å²) >= 11 is 0. The average Bonchev–Trinajstić information content (AvgIpc) is 3.76. The molecule has 0 unspecified atom stereocenters. The van der Waals surface area contributed by atoms with Crippen LogP contribution in [0.2, 0.25) is 18.6 Å². The number of hydrogen-bond acceptors (Lipinski definition) is 8. The van der Waals surface area contributed by atoms with Crippen molar-refractivity contribution in [3.8, 4) is 11.5 Å². The van der Waals surface area contributed by atoms with E-state index in [1.165, 1.54) is 5.19 Å². The first-order valence-electron chi connectivity index (χ1n) is 17.3. The van der Waals surface area contributed by atoms with Gasteiger partial charge in [0.05, 0.1) is 46.3 Å². The molecule has 1 aromatic heterocycles. The van der Waals surface area contributed by atoms with Gasteiger partial charge in [-0.1, -0.05) is 54.7 Å². The molecule has 7 rings (SSSR count). The number of aryl methyl sites for hydroxylation is 1. The second-order valence-electron chi connectivity index (χ2n) is 14.1. The molecule has 1 N–H and O–H groups in total. The van der Waals surface area contributed by atoms with Gasteiger partial charge in [-0.3, -0.25) is 14.3 Å².